The molecule has 4 heteroatoms. The second-order valence-electron chi connectivity index (χ2n) is 3.52. The summed E-state index contributed by atoms with van der Waals surface area (Å²) in [5.41, 5.74) is 0.471. The molecule has 3 nitrogen and oxygen atoms in total. The van der Waals surface area contributed by atoms with Crippen LogP contribution in [0, 0.1) is 17.7 Å². The zero-order valence-corrected chi connectivity index (χ0v) is 9.87. The first-order valence-corrected chi connectivity index (χ1v) is 5.21. The summed E-state index contributed by atoms with van der Waals surface area (Å²) < 4.78 is 23.6. The first-order valence-electron chi connectivity index (χ1n) is 5.21. The Kier molecular flexibility index (Phi) is 5.47. The quantitative estimate of drug-likeness (QED) is 0.809. The van der Waals surface area contributed by atoms with Crippen LogP contribution in [0.1, 0.15) is 12.5 Å². The molecule has 0 aliphatic rings. The topological polar surface area (TPSA) is 38.7 Å². The van der Waals surface area contributed by atoms with Crippen molar-refractivity contribution in [2.24, 2.45) is 0 Å². The second kappa shape index (κ2) is 6.89. The van der Waals surface area contributed by atoms with Crippen LogP contribution in [-0.4, -0.2) is 31.5 Å². The number of hydrogen-bond donors (Lipinski definition) is 1. The van der Waals surface area contributed by atoms with E-state index < -0.39 is 5.82 Å². The van der Waals surface area contributed by atoms with Crippen molar-refractivity contribution >= 4 is 0 Å². The van der Waals surface area contributed by atoms with Gasteiger partial charge in [0.2, 0.25) is 0 Å². The number of aliphatic hydroxyl groups excluding tert-OH is 1. The summed E-state index contributed by atoms with van der Waals surface area (Å²) in [6.07, 6.45) is -0.166. The Morgan fingerprint density at radius 3 is 2.82 bits per heavy atom. The van der Waals surface area contributed by atoms with Crippen molar-refractivity contribution in [3.05, 3.63) is 29.6 Å². The van der Waals surface area contributed by atoms with E-state index in [0.717, 1.165) is 0 Å². The SMILES string of the molecule is COCC(C)Oc1cc(F)cc(C#CCO)c1. The number of halogens is 1. The fraction of sp³-hybridized carbons (Fsp3) is 0.385. The maximum Gasteiger partial charge on any atom is 0.128 e. The average molecular weight is 238 g/mol. The number of ether oxygens (including phenoxy) is 2. The highest BCUT2D eigenvalue weighted by atomic mass is 19.1. The lowest BCUT2D eigenvalue weighted by Gasteiger charge is -2.13. The second-order valence-corrected chi connectivity index (χ2v) is 3.52. The number of hydrogen-bond acceptors (Lipinski definition) is 3. The molecule has 1 N–H and O–H groups in total. The summed E-state index contributed by atoms with van der Waals surface area (Å²) in [6.45, 7) is 1.99. The fourth-order valence-corrected chi connectivity index (χ4v) is 1.35. The van der Waals surface area contributed by atoms with Gasteiger partial charge in [0.25, 0.3) is 0 Å². The van der Waals surface area contributed by atoms with Crippen LogP contribution in [0.2, 0.25) is 0 Å². The number of aliphatic hydroxyl groups is 1. The lowest BCUT2D eigenvalue weighted by Crippen LogP contribution is -2.18. The van der Waals surface area contributed by atoms with Gasteiger partial charge in [-0.15, -0.1) is 0 Å². The van der Waals surface area contributed by atoms with Gasteiger partial charge in [-0.3, -0.25) is 0 Å². The summed E-state index contributed by atoms with van der Waals surface area (Å²) in [5.74, 6) is 5.06. The van der Waals surface area contributed by atoms with Gasteiger partial charge in [0, 0.05) is 18.7 Å². The molecule has 92 valence electrons. The highest BCUT2D eigenvalue weighted by Crippen LogP contribution is 2.17. The molecule has 1 rings (SSSR count). The third-order valence-electron chi connectivity index (χ3n) is 1.92. The Hall–Kier alpha value is -1.57. The van der Waals surface area contributed by atoms with Crippen molar-refractivity contribution in [3.8, 4) is 17.6 Å². The van der Waals surface area contributed by atoms with Gasteiger partial charge in [0.05, 0.1) is 6.61 Å². The Labute approximate surface area is 100 Å². The van der Waals surface area contributed by atoms with E-state index in [1.807, 2.05) is 6.92 Å². The van der Waals surface area contributed by atoms with Crippen molar-refractivity contribution < 1.29 is 19.0 Å². The molecule has 1 atom stereocenters. The van der Waals surface area contributed by atoms with Crippen LogP contribution in [0.25, 0.3) is 0 Å². The Morgan fingerprint density at radius 1 is 1.41 bits per heavy atom. The lowest BCUT2D eigenvalue weighted by atomic mass is 10.2. The molecule has 0 bridgehead atoms. The number of methoxy groups -OCH3 is 1. The molecule has 0 fully saturated rings. The minimum absolute atomic E-state index is 0.166. The van der Waals surface area contributed by atoms with Gasteiger partial charge in [-0.1, -0.05) is 11.8 Å². The normalized spacial score (nSPS) is 11.5. The maximum atomic E-state index is 13.2. The molecule has 0 radical (unpaired) electrons. The standard InChI is InChI=1S/C13H15FO3/c1-10(9-16-2)17-13-7-11(4-3-5-15)6-12(14)8-13/h6-8,10,15H,5,9H2,1-2H3. The van der Waals surface area contributed by atoms with E-state index in [-0.39, 0.29) is 12.7 Å². The lowest BCUT2D eigenvalue weighted by molar-refractivity contribution is 0.0918. The summed E-state index contributed by atoms with van der Waals surface area (Å²) in [4.78, 5) is 0. The smallest absolute Gasteiger partial charge is 0.128 e. The molecule has 0 heterocycles. The average Bonchev–Trinajstić information content (AvgIpc) is 2.25. The monoisotopic (exact) mass is 238 g/mol. The molecule has 0 aliphatic heterocycles. The molecular weight excluding hydrogens is 223 g/mol. The summed E-state index contributed by atoms with van der Waals surface area (Å²) in [7, 11) is 1.57. The molecule has 0 saturated carbocycles. The summed E-state index contributed by atoms with van der Waals surface area (Å²) >= 11 is 0. The number of benzene rings is 1. The number of rotatable bonds is 4. The molecule has 0 aromatic heterocycles. The third-order valence-corrected chi connectivity index (χ3v) is 1.92. The van der Waals surface area contributed by atoms with E-state index in [2.05, 4.69) is 11.8 Å². The van der Waals surface area contributed by atoms with Crippen molar-refractivity contribution in [2.45, 2.75) is 13.0 Å². The predicted octanol–water partition coefficient (Wildman–Crippen LogP) is 1.58. The van der Waals surface area contributed by atoms with Crippen molar-refractivity contribution in [3.63, 3.8) is 0 Å². The van der Waals surface area contributed by atoms with Gasteiger partial charge < -0.3 is 14.6 Å². The Morgan fingerprint density at radius 2 is 2.18 bits per heavy atom. The largest absolute Gasteiger partial charge is 0.488 e. The van der Waals surface area contributed by atoms with Crippen LogP contribution in [-0.2, 0) is 4.74 Å². The van der Waals surface area contributed by atoms with E-state index in [0.29, 0.717) is 17.9 Å². The van der Waals surface area contributed by atoms with Crippen molar-refractivity contribution in [1.29, 1.82) is 0 Å². The van der Waals surface area contributed by atoms with Crippen LogP contribution in [0.4, 0.5) is 4.39 Å². The Balaban J connectivity index is 2.82. The first-order chi connectivity index (χ1) is 8.15. The molecule has 1 unspecified atom stereocenters. The Bertz CT molecular complexity index is 420. The van der Waals surface area contributed by atoms with Gasteiger partial charge >= 0.3 is 0 Å². The van der Waals surface area contributed by atoms with Crippen LogP contribution >= 0.6 is 0 Å². The van der Waals surface area contributed by atoms with Crippen LogP contribution < -0.4 is 4.74 Å². The van der Waals surface area contributed by atoms with Gasteiger partial charge in [-0.05, 0) is 19.1 Å². The molecular formula is C13H15FO3. The molecule has 17 heavy (non-hydrogen) atoms. The molecule has 1 aromatic carbocycles. The van der Waals surface area contributed by atoms with E-state index >= 15 is 0 Å². The van der Waals surface area contributed by atoms with E-state index in [1.54, 1.807) is 13.2 Å². The minimum Gasteiger partial charge on any atom is -0.488 e. The molecule has 0 aliphatic carbocycles. The highest BCUT2D eigenvalue weighted by molar-refractivity contribution is 5.40. The van der Waals surface area contributed by atoms with Crippen LogP contribution in [0.15, 0.2) is 18.2 Å². The van der Waals surface area contributed by atoms with Gasteiger partial charge in [-0.2, -0.15) is 0 Å². The molecule has 0 saturated heterocycles. The maximum absolute atomic E-state index is 13.2. The summed E-state index contributed by atoms with van der Waals surface area (Å²) in [5, 5.41) is 8.57. The molecule has 0 amide bonds. The zero-order valence-electron chi connectivity index (χ0n) is 9.87. The first kappa shape index (κ1) is 13.5. The van der Waals surface area contributed by atoms with Crippen molar-refractivity contribution in [1.82, 2.24) is 0 Å². The zero-order chi connectivity index (χ0) is 12.7. The molecule has 1 aromatic rings. The van der Waals surface area contributed by atoms with Crippen LogP contribution in [0.5, 0.6) is 5.75 Å². The predicted molar refractivity (Wildman–Crippen MR) is 62.3 cm³/mol. The van der Waals surface area contributed by atoms with Crippen LogP contribution in [0.3, 0.4) is 0 Å². The highest BCUT2D eigenvalue weighted by Gasteiger charge is 2.05. The third kappa shape index (κ3) is 4.85. The fourth-order valence-electron chi connectivity index (χ4n) is 1.35. The minimum atomic E-state index is -0.422. The van der Waals surface area contributed by atoms with Gasteiger partial charge in [0.1, 0.15) is 24.3 Å². The van der Waals surface area contributed by atoms with Gasteiger partial charge in [-0.25, -0.2) is 4.39 Å². The van der Waals surface area contributed by atoms with E-state index in [4.69, 9.17) is 14.6 Å². The summed E-state index contributed by atoms with van der Waals surface area (Å²) in [6, 6.07) is 4.20. The van der Waals surface area contributed by atoms with E-state index in [1.165, 1.54) is 12.1 Å². The molecule has 0 spiro atoms. The van der Waals surface area contributed by atoms with Crippen molar-refractivity contribution in [2.75, 3.05) is 20.3 Å². The van der Waals surface area contributed by atoms with Gasteiger partial charge in [0.15, 0.2) is 0 Å². The van der Waals surface area contributed by atoms with E-state index in [9.17, 15) is 4.39 Å².